The van der Waals surface area contributed by atoms with Gasteiger partial charge in [-0.3, -0.25) is 0 Å². The zero-order valence-electron chi connectivity index (χ0n) is 13.6. The Hall–Kier alpha value is -3.25. The molecule has 0 radical (unpaired) electrons. The highest BCUT2D eigenvalue weighted by Crippen LogP contribution is 2.35. The van der Waals surface area contributed by atoms with Crippen LogP contribution in [-0.2, 0) is 0 Å². The van der Waals surface area contributed by atoms with Crippen LogP contribution in [0.4, 0.5) is 5.69 Å². The van der Waals surface area contributed by atoms with Gasteiger partial charge in [0.1, 0.15) is 11.5 Å². The molecule has 0 amide bonds. The number of benzene rings is 3. The maximum absolute atomic E-state index is 7.52. The molecule has 3 heteroatoms. The van der Waals surface area contributed by atoms with E-state index in [9.17, 15) is 0 Å². The molecule has 0 N–H and O–H groups in total. The van der Waals surface area contributed by atoms with Gasteiger partial charge in [-0.2, -0.15) is 0 Å². The van der Waals surface area contributed by atoms with E-state index in [0.717, 1.165) is 33.8 Å². The summed E-state index contributed by atoms with van der Waals surface area (Å²) in [6, 6.07) is 21.5. The molecular weight excluding hydrogens is 298 g/mol. The van der Waals surface area contributed by atoms with Crippen LogP contribution in [0.15, 0.2) is 66.7 Å². The van der Waals surface area contributed by atoms with Gasteiger partial charge in [-0.25, -0.2) is 4.85 Å². The number of ether oxygens (including phenoxy) is 2. The molecule has 3 aromatic carbocycles. The average Bonchev–Trinajstić information content (AvgIpc) is 2.67. The van der Waals surface area contributed by atoms with E-state index in [2.05, 4.69) is 4.85 Å². The fourth-order valence-electron chi connectivity index (χ4n) is 2.60. The van der Waals surface area contributed by atoms with Crippen molar-refractivity contribution in [2.75, 3.05) is 14.2 Å². The lowest BCUT2D eigenvalue weighted by atomic mass is 9.98. The van der Waals surface area contributed by atoms with Gasteiger partial charge in [-0.15, -0.1) is 0 Å². The van der Waals surface area contributed by atoms with Crippen molar-refractivity contribution >= 4 is 5.69 Å². The van der Waals surface area contributed by atoms with Gasteiger partial charge >= 0.3 is 0 Å². The summed E-state index contributed by atoms with van der Waals surface area (Å²) >= 11 is 0. The Morgan fingerprint density at radius 1 is 0.667 bits per heavy atom. The first-order chi connectivity index (χ1) is 11.7. The third kappa shape index (κ3) is 3.09. The molecule has 0 aliphatic rings. The van der Waals surface area contributed by atoms with Crippen molar-refractivity contribution in [1.29, 1.82) is 0 Å². The van der Waals surface area contributed by atoms with Crippen LogP contribution in [0.1, 0.15) is 0 Å². The Morgan fingerprint density at radius 3 is 1.67 bits per heavy atom. The van der Waals surface area contributed by atoms with Gasteiger partial charge in [0, 0.05) is 0 Å². The van der Waals surface area contributed by atoms with Gasteiger partial charge in [-0.05, 0) is 52.6 Å². The zero-order valence-corrected chi connectivity index (χ0v) is 13.6. The monoisotopic (exact) mass is 315 g/mol. The van der Waals surface area contributed by atoms with Crippen molar-refractivity contribution in [2.24, 2.45) is 0 Å². The number of hydrogen-bond donors (Lipinski definition) is 0. The molecule has 0 heterocycles. The van der Waals surface area contributed by atoms with Crippen molar-refractivity contribution in [1.82, 2.24) is 0 Å². The predicted octanol–water partition coefficient (Wildman–Crippen LogP) is 5.59. The number of nitrogens with zero attached hydrogens (tertiary/aromatic N) is 1. The summed E-state index contributed by atoms with van der Waals surface area (Å²) in [5, 5.41) is 0. The molecule has 3 rings (SSSR count). The topological polar surface area (TPSA) is 22.8 Å². The first-order valence-electron chi connectivity index (χ1n) is 7.55. The summed E-state index contributed by atoms with van der Waals surface area (Å²) in [5.41, 5.74) is 4.63. The van der Waals surface area contributed by atoms with E-state index in [-0.39, 0.29) is 0 Å². The van der Waals surface area contributed by atoms with Crippen molar-refractivity contribution < 1.29 is 9.47 Å². The minimum Gasteiger partial charge on any atom is -0.497 e. The SMILES string of the molecule is [C-]#[N+]c1cc(-c2ccc(OC)cc2)ccc1-c1ccc(OC)cc1. The average molecular weight is 315 g/mol. The number of rotatable bonds is 4. The molecule has 3 aromatic rings. The molecule has 0 spiro atoms. The van der Waals surface area contributed by atoms with Gasteiger partial charge in [0.15, 0.2) is 5.69 Å². The van der Waals surface area contributed by atoms with Crippen LogP contribution in [0.25, 0.3) is 27.1 Å². The molecule has 0 bridgehead atoms. The van der Waals surface area contributed by atoms with Crippen LogP contribution < -0.4 is 9.47 Å². The van der Waals surface area contributed by atoms with Crippen molar-refractivity contribution in [3.63, 3.8) is 0 Å². The van der Waals surface area contributed by atoms with Crippen LogP contribution >= 0.6 is 0 Å². The fraction of sp³-hybridized carbons (Fsp3) is 0.0952. The largest absolute Gasteiger partial charge is 0.497 e. The maximum atomic E-state index is 7.52. The van der Waals surface area contributed by atoms with Gasteiger partial charge in [0.05, 0.1) is 20.8 Å². The highest BCUT2D eigenvalue weighted by Gasteiger charge is 2.08. The second-order valence-electron chi connectivity index (χ2n) is 5.30. The Labute approximate surface area is 141 Å². The van der Waals surface area contributed by atoms with Gasteiger partial charge in [0.25, 0.3) is 0 Å². The zero-order chi connectivity index (χ0) is 16.9. The van der Waals surface area contributed by atoms with Crippen LogP contribution in [0.3, 0.4) is 0 Å². The molecule has 3 nitrogen and oxygen atoms in total. The first kappa shape index (κ1) is 15.6. The van der Waals surface area contributed by atoms with Crippen LogP contribution in [-0.4, -0.2) is 14.2 Å². The Morgan fingerprint density at radius 2 is 1.17 bits per heavy atom. The minimum atomic E-state index is 0.633. The quantitative estimate of drug-likeness (QED) is 0.586. The normalized spacial score (nSPS) is 10.0. The lowest BCUT2D eigenvalue weighted by Gasteiger charge is -2.09. The lowest BCUT2D eigenvalue weighted by molar-refractivity contribution is 0.415. The van der Waals surface area contributed by atoms with Gasteiger partial charge < -0.3 is 9.47 Å². The summed E-state index contributed by atoms with van der Waals surface area (Å²) in [4.78, 5) is 3.70. The highest BCUT2D eigenvalue weighted by atomic mass is 16.5. The van der Waals surface area contributed by atoms with Gasteiger partial charge in [-0.1, -0.05) is 36.4 Å². The first-order valence-corrected chi connectivity index (χ1v) is 7.55. The van der Waals surface area contributed by atoms with Crippen molar-refractivity contribution in [2.45, 2.75) is 0 Å². The van der Waals surface area contributed by atoms with E-state index in [1.165, 1.54) is 0 Å². The summed E-state index contributed by atoms with van der Waals surface area (Å²) < 4.78 is 10.4. The summed E-state index contributed by atoms with van der Waals surface area (Å²) in [7, 11) is 3.29. The molecule has 0 aliphatic heterocycles. The standard InChI is InChI=1S/C21H17NO2/c1-22-21-14-17(15-4-9-18(23-2)10-5-15)8-13-20(21)16-6-11-19(24-3)12-7-16/h4-14H,2-3H3. The summed E-state index contributed by atoms with van der Waals surface area (Å²) in [6.45, 7) is 7.52. The molecule has 0 aliphatic carbocycles. The maximum Gasteiger partial charge on any atom is 0.195 e. The Bertz CT molecular complexity index is 875. The number of methoxy groups -OCH3 is 2. The summed E-state index contributed by atoms with van der Waals surface area (Å²) in [5.74, 6) is 1.62. The Kier molecular flexibility index (Phi) is 4.49. The van der Waals surface area contributed by atoms with Crippen molar-refractivity contribution in [3.8, 4) is 33.8 Å². The molecule has 0 unspecified atom stereocenters. The molecule has 0 fully saturated rings. The fourth-order valence-corrected chi connectivity index (χ4v) is 2.60. The molecular formula is C21H17NO2. The summed E-state index contributed by atoms with van der Waals surface area (Å²) in [6.07, 6.45) is 0. The second kappa shape index (κ2) is 6.89. The van der Waals surface area contributed by atoms with Crippen LogP contribution in [0, 0.1) is 6.57 Å². The molecule has 0 atom stereocenters. The van der Waals surface area contributed by atoms with E-state index in [0.29, 0.717) is 5.69 Å². The second-order valence-corrected chi connectivity index (χ2v) is 5.30. The van der Waals surface area contributed by atoms with E-state index < -0.39 is 0 Å². The van der Waals surface area contributed by atoms with Crippen LogP contribution in [0.5, 0.6) is 11.5 Å². The Balaban J connectivity index is 1.99. The predicted molar refractivity (Wildman–Crippen MR) is 96.7 cm³/mol. The number of hydrogen-bond acceptors (Lipinski definition) is 2. The smallest absolute Gasteiger partial charge is 0.195 e. The lowest BCUT2D eigenvalue weighted by Crippen LogP contribution is -1.85. The third-order valence-electron chi connectivity index (χ3n) is 3.94. The third-order valence-corrected chi connectivity index (χ3v) is 3.94. The van der Waals surface area contributed by atoms with Crippen molar-refractivity contribution in [3.05, 3.63) is 78.1 Å². The molecule has 118 valence electrons. The van der Waals surface area contributed by atoms with E-state index in [1.807, 2.05) is 66.7 Å². The van der Waals surface area contributed by atoms with Crippen LogP contribution in [0.2, 0.25) is 0 Å². The molecule has 0 saturated heterocycles. The molecule has 0 aromatic heterocycles. The highest BCUT2D eigenvalue weighted by molar-refractivity contribution is 5.83. The van der Waals surface area contributed by atoms with E-state index >= 15 is 0 Å². The molecule has 24 heavy (non-hydrogen) atoms. The molecule has 0 saturated carbocycles. The van der Waals surface area contributed by atoms with E-state index in [4.69, 9.17) is 16.0 Å². The van der Waals surface area contributed by atoms with Gasteiger partial charge in [0.2, 0.25) is 0 Å². The van der Waals surface area contributed by atoms with E-state index in [1.54, 1.807) is 14.2 Å². The minimum absolute atomic E-state index is 0.633.